The van der Waals surface area contributed by atoms with Crippen LogP contribution in [0, 0.1) is 5.82 Å². The SMILES string of the molecule is CNC(=O)C(CCC=O)N(C)Cc1c(C=O)cccc1NCc1cc(OCCN2CCCC2)ccc1F. The fourth-order valence-corrected chi connectivity index (χ4v) is 4.63. The molecule has 2 aromatic carbocycles. The average Bonchev–Trinajstić information content (AvgIpc) is 3.43. The van der Waals surface area contributed by atoms with Crippen LogP contribution in [0.4, 0.5) is 10.1 Å². The van der Waals surface area contributed by atoms with Crippen LogP contribution in [0.15, 0.2) is 36.4 Å². The predicted octanol–water partition coefficient (Wildman–Crippen LogP) is 3.25. The first-order valence-corrected chi connectivity index (χ1v) is 12.8. The van der Waals surface area contributed by atoms with Crippen molar-refractivity contribution in [1.29, 1.82) is 0 Å². The average molecular weight is 513 g/mol. The van der Waals surface area contributed by atoms with E-state index in [1.807, 2.05) is 11.0 Å². The maximum absolute atomic E-state index is 14.6. The van der Waals surface area contributed by atoms with Crippen LogP contribution in [0.5, 0.6) is 5.75 Å². The van der Waals surface area contributed by atoms with Crippen molar-refractivity contribution < 1.29 is 23.5 Å². The first kappa shape index (κ1) is 28.3. The lowest BCUT2D eigenvalue weighted by molar-refractivity contribution is -0.126. The molecule has 1 atom stereocenters. The van der Waals surface area contributed by atoms with Gasteiger partial charge >= 0.3 is 0 Å². The molecule has 8 nitrogen and oxygen atoms in total. The second kappa shape index (κ2) is 14.4. The number of hydrogen-bond donors (Lipinski definition) is 2. The van der Waals surface area contributed by atoms with Crippen LogP contribution in [0.3, 0.4) is 0 Å². The van der Waals surface area contributed by atoms with Gasteiger partial charge in [0.25, 0.3) is 0 Å². The predicted molar refractivity (Wildman–Crippen MR) is 141 cm³/mol. The highest BCUT2D eigenvalue weighted by Gasteiger charge is 2.23. The summed E-state index contributed by atoms with van der Waals surface area (Å²) in [6.07, 6.45) is 4.61. The molecule has 0 aromatic heterocycles. The van der Waals surface area contributed by atoms with Crippen LogP contribution < -0.4 is 15.4 Å². The number of anilines is 1. The highest BCUT2D eigenvalue weighted by atomic mass is 19.1. The van der Waals surface area contributed by atoms with Crippen molar-refractivity contribution >= 4 is 24.2 Å². The molecule has 1 saturated heterocycles. The molecule has 0 radical (unpaired) electrons. The summed E-state index contributed by atoms with van der Waals surface area (Å²) >= 11 is 0. The zero-order chi connectivity index (χ0) is 26.6. The molecule has 0 spiro atoms. The van der Waals surface area contributed by atoms with E-state index in [9.17, 15) is 18.8 Å². The van der Waals surface area contributed by atoms with Crippen LogP contribution in [0.25, 0.3) is 0 Å². The Kier molecular flexibility index (Phi) is 11.0. The molecule has 1 amide bonds. The number of likely N-dealkylation sites (N-methyl/N-ethyl adjacent to an activating group) is 2. The van der Waals surface area contributed by atoms with Crippen molar-refractivity contribution in [2.45, 2.75) is 44.8 Å². The number of hydrogen-bond acceptors (Lipinski definition) is 7. The Labute approximate surface area is 218 Å². The van der Waals surface area contributed by atoms with Gasteiger partial charge in [0.05, 0.1) is 6.04 Å². The summed E-state index contributed by atoms with van der Waals surface area (Å²) in [6.45, 7) is 4.08. The topological polar surface area (TPSA) is 91.0 Å². The number of nitrogens with zero attached hydrogens (tertiary/aromatic N) is 2. The number of carbonyl (C=O) groups is 3. The molecule has 1 heterocycles. The van der Waals surface area contributed by atoms with Crippen molar-refractivity contribution in [3.63, 3.8) is 0 Å². The first-order valence-electron chi connectivity index (χ1n) is 12.8. The van der Waals surface area contributed by atoms with Gasteiger partial charge in [-0.2, -0.15) is 0 Å². The summed E-state index contributed by atoms with van der Waals surface area (Å²) in [4.78, 5) is 39.3. The van der Waals surface area contributed by atoms with E-state index in [-0.39, 0.29) is 31.2 Å². The van der Waals surface area contributed by atoms with Gasteiger partial charge in [0.2, 0.25) is 5.91 Å². The fraction of sp³-hybridized carbons (Fsp3) is 0.464. The van der Waals surface area contributed by atoms with Crippen molar-refractivity contribution in [2.24, 2.45) is 0 Å². The van der Waals surface area contributed by atoms with Gasteiger partial charge in [0.15, 0.2) is 0 Å². The monoisotopic (exact) mass is 512 g/mol. The smallest absolute Gasteiger partial charge is 0.237 e. The normalized spacial score (nSPS) is 14.4. The molecular weight excluding hydrogens is 475 g/mol. The molecule has 2 aromatic rings. The van der Waals surface area contributed by atoms with Gasteiger partial charge < -0.3 is 20.2 Å². The largest absolute Gasteiger partial charge is 0.492 e. The van der Waals surface area contributed by atoms with Gasteiger partial charge in [-0.1, -0.05) is 12.1 Å². The summed E-state index contributed by atoms with van der Waals surface area (Å²) < 4.78 is 20.5. The standard InChI is InChI=1S/C28H37FN4O4/c1-30-28(36)27(9-6-15-34)32(2)19-24-21(20-35)7-5-8-26(24)31-18-22-17-23(10-11-25(22)29)37-16-14-33-12-3-4-13-33/h5,7-8,10-11,15,17,20,27,31H,3-4,6,9,12-14,16,18-19H2,1-2H3,(H,30,36). The lowest BCUT2D eigenvalue weighted by atomic mass is 10.0. The molecule has 3 rings (SSSR count). The molecule has 1 aliphatic heterocycles. The van der Waals surface area contributed by atoms with Crippen molar-refractivity contribution in [1.82, 2.24) is 15.1 Å². The van der Waals surface area contributed by atoms with E-state index in [0.717, 1.165) is 32.2 Å². The number of amides is 1. The van der Waals surface area contributed by atoms with E-state index in [2.05, 4.69) is 15.5 Å². The van der Waals surface area contributed by atoms with Crippen molar-refractivity contribution in [3.05, 3.63) is 58.9 Å². The van der Waals surface area contributed by atoms with Crippen LogP contribution >= 0.6 is 0 Å². The maximum atomic E-state index is 14.6. The Balaban J connectivity index is 1.71. The minimum absolute atomic E-state index is 0.193. The number of likely N-dealkylation sites (tertiary alicyclic amines) is 1. The lowest BCUT2D eigenvalue weighted by Crippen LogP contribution is -2.43. The lowest BCUT2D eigenvalue weighted by Gasteiger charge is -2.28. The van der Waals surface area contributed by atoms with Crippen LogP contribution in [-0.4, -0.2) is 74.7 Å². The summed E-state index contributed by atoms with van der Waals surface area (Å²) in [6, 6.07) is 9.49. The van der Waals surface area contributed by atoms with E-state index in [0.29, 0.717) is 41.2 Å². The van der Waals surface area contributed by atoms with Crippen LogP contribution in [0.1, 0.15) is 47.2 Å². The number of ether oxygens (including phenoxy) is 1. The van der Waals surface area contributed by atoms with Gasteiger partial charge in [-0.05, 0) is 69.2 Å². The third-order valence-electron chi connectivity index (χ3n) is 6.75. The summed E-state index contributed by atoms with van der Waals surface area (Å²) in [5.74, 6) is 0.0619. The summed E-state index contributed by atoms with van der Waals surface area (Å²) in [5.41, 5.74) is 2.28. The first-order chi connectivity index (χ1) is 18.0. The molecule has 0 saturated carbocycles. The van der Waals surface area contributed by atoms with E-state index in [1.54, 1.807) is 38.4 Å². The number of benzene rings is 2. The van der Waals surface area contributed by atoms with Crippen molar-refractivity contribution in [2.75, 3.05) is 45.7 Å². The Morgan fingerprint density at radius 3 is 2.70 bits per heavy atom. The van der Waals surface area contributed by atoms with E-state index in [1.165, 1.54) is 18.9 Å². The van der Waals surface area contributed by atoms with Gasteiger partial charge in [-0.25, -0.2) is 4.39 Å². The molecule has 200 valence electrons. The third kappa shape index (κ3) is 8.10. The molecule has 1 unspecified atom stereocenters. The fourth-order valence-electron chi connectivity index (χ4n) is 4.63. The molecule has 0 aliphatic carbocycles. The highest BCUT2D eigenvalue weighted by molar-refractivity contribution is 5.82. The maximum Gasteiger partial charge on any atom is 0.237 e. The molecule has 9 heteroatoms. The third-order valence-corrected chi connectivity index (χ3v) is 6.75. The molecule has 37 heavy (non-hydrogen) atoms. The minimum Gasteiger partial charge on any atom is -0.492 e. The quantitative estimate of drug-likeness (QED) is 0.354. The minimum atomic E-state index is -0.533. The Bertz CT molecular complexity index is 1060. The van der Waals surface area contributed by atoms with Crippen LogP contribution in [-0.2, 0) is 22.7 Å². The van der Waals surface area contributed by atoms with E-state index >= 15 is 0 Å². The van der Waals surface area contributed by atoms with Crippen LogP contribution in [0.2, 0.25) is 0 Å². The van der Waals surface area contributed by atoms with Gasteiger partial charge in [-0.15, -0.1) is 0 Å². The number of nitrogens with one attached hydrogen (secondary N) is 2. The van der Waals surface area contributed by atoms with Gasteiger partial charge in [-0.3, -0.25) is 19.4 Å². The molecule has 1 fully saturated rings. The van der Waals surface area contributed by atoms with E-state index < -0.39 is 6.04 Å². The summed E-state index contributed by atoms with van der Waals surface area (Å²) in [7, 11) is 3.33. The Morgan fingerprint density at radius 2 is 2.00 bits per heavy atom. The zero-order valence-corrected chi connectivity index (χ0v) is 21.7. The van der Waals surface area contributed by atoms with Gasteiger partial charge in [0.1, 0.15) is 30.7 Å². The molecule has 2 N–H and O–H groups in total. The van der Waals surface area contributed by atoms with Crippen molar-refractivity contribution in [3.8, 4) is 5.75 Å². The van der Waals surface area contributed by atoms with E-state index in [4.69, 9.17) is 4.74 Å². The zero-order valence-electron chi connectivity index (χ0n) is 21.7. The highest BCUT2D eigenvalue weighted by Crippen LogP contribution is 2.25. The van der Waals surface area contributed by atoms with Gasteiger partial charge in [0, 0.05) is 49.9 Å². The second-order valence-electron chi connectivity index (χ2n) is 9.28. The molecular formula is C28H37FN4O4. The Morgan fingerprint density at radius 1 is 1.22 bits per heavy atom. The second-order valence-corrected chi connectivity index (χ2v) is 9.28. The number of rotatable bonds is 15. The summed E-state index contributed by atoms with van der Waals surface area (Å²) in [5, 5.41) is 5.89. The molecule has 1 aliphatic rings. The Hall–Kier alpha value is -3.30. The molecule has 0 bridgehead atoms. The number of carbonyl (C=O) groups excluding carboxylic acids is 3. The number of halogens is 1. The number of aldehydes is 2.